The van der Waals surface area contributed by atoms with Gasteiger partial charge in [-0.05, 0) is 25.3 Å². The van der Waals surface area contributed by atoms with E-state index in [1.54, 1.807) is 30.3 Å². The van der Waals surface area contributed by atoms with Gasteiger partial charge in [0.2, 0.25) is 5.78 Å². The summed E-state index contributed by atoms with van der Waals surface area (Å²) < 4.78 is 14.8. The van der Waals surface area contributed by atoms with Gasteiger partial charge in [-0.3, -0.25) is 10.2 Å². The molecule has 3 aromatic carbocycles. The lowest BCUT2D eigenvalue weighted by atomic mass is 9.94. The zero-order valence-corrected chi connectivity index (χ0v) is 19.9. The van der Waals surface area contributed by atoms with Gasteiger partial charge in [0, 0.05) is 29.4 Å². The Labute approximate surface area is 204 Å². The molecule has 8 heteroatoms. The van der Waals surface area contributed by atoms with Crippen molar-refractivity contribution in [1.29, 1.82) is 5.41 Å². The number of hydrogen-bond donors (Lipinski definition) is 4. The van der Waals surface area contributed by atoms with Gasteiger partial charge >= 0.3 is 0 Å². The Kier molecular flexibility index (Phi) is 8.84. The number of aliphatic hydroxyl groups excluding tert-OH is 1. The number of anilines is 1. The number of ketones is 1. The molecule has 0 aromatic heterocycles. The van der Waals surface area contributed by atoms with Gasteiger partial charge in [0.1, 0.15) is 35.6 Å². The fraction of sp³-hybridized carbons (Fsp3) is 0.192. The number of Topliss-reactive ketones (excluding diaryl/α,β-unsaturated/α-hetero) is 1. The number of nitrogens with zero attached hydrogens (tertiary/aromatic N) is 1. The van der Waals surface area contributed by atoms with Gasteiger partial charge in [0.25, 0.3) is 0 Å². The van der Waals surface area contributed by atoms with Crippen molar-refractivity contribution in [2.75, 3.05) is 25.6 Å². The molecule has 0 fully saturated rings. The van der Waals surface area contributed by atoms with Gasteiger partial charge in [0.05, 0.1) is 13.7 Å². The molecule has 0 saturated heterocycles. The van der Waals surface area contributed by atoms with Crippen LogP contribution in [0.2, 0.25) is 0 Å². The summed E-state index contributed by atoms with van der Waals surface area (Å²) in [4.78, 5) is 13.6. The van der Waals surface area contributed by atoms with Gasteiger partial charge in [-0.1, -0.05) is 60.2 Å². The van der Waals surface area contributed by atoms with Gasteiger partial charge in [0.15, 0.2) is 0 Å². The highest BCUT2D eigenvalue weighted by Crippen LogP contribution is 2.30. The highest BCUT2D eigenvalue weighted by atomic mass is 32.1. The van der Waals surface area contributed by atoms with Crippen molar-refractivity contribution < 1.29 is 19.4 Å². The molecule has 7 nitrogen and oxygen atoms in total. The summed E-state index contributed by atoms with van der Waals surface area (Å²) in [5.41, 5.74) is 2.84. The fourth-order valence-corrected chi connectivity index (χ4v) is 3.57. The normalized spacial score (nSPS) is 12.1. The number of nitrogens with one attached hydrogen (secondary N) is 2. The number of ether oxygens (including phenoxy) is 2. The first-order valence-corrected chi connectivity index (χ1v) is 11.0. The topological polar surface area (TPSA) is 104 Å². The van der Waals surface area contributed by atoms with E-state index >= 15 is 0 Å². The summed E-state index contributed by atoms with van der Waals surface area (Å²) in [7, 11) is 1.53. The Morgan fingerprint density at radius 2 is 1.76 bits per heavy atom. The quantitative estimate of drug-likeness (QED) is 0.241. The number of aliphatic hydroxyl groups is 1. The Hall–Kier alpha value is -3.62. The molecule has 0 amide bonds. The average molecular weight is 478 g/mol. The number of benzene rings is 3. The lowest BCUT2D eigenvalue weighted by molar-refractivity contribution is -0.113. The van der Waals surface area contributed by atoms with E-state index < -0.39 is 11.8 Å². The second kappa shape index (κ2) is 12.0. The molecular weight excluding hydrogens is 450 g/mol. The van der Waals surface area contributed by atoms with Crippen LogP contribution in [0.25, 0.3) is 0 Å². The Morgan fingerprint density at radius 1 is 1.09 bits per heavy atom. The van der Waals surface area contributed by atoms with Gasteiger partial charge in [-0.15, -0.1) is 0 Å². The number of hydrogen-bond acceptors (Lipinski definition) is 8. The molecule has 0 aliphatic rings. The van der Waals surface area contributed by atoms with Crippen molar-refractivity contribution in [3.8, 4) is 11.5 Å². The number of rotatable bonds is 11. The first kappa shape index (κ1) is 25.0. The number of thiol groups is 1. The van der Waals surface area contributed by atoms with Crippen molar-refractivity contribution in [1.82, 2.24) is 0 Å². The molecule has 34 heavy (non-hydrogen) atoms. The summed E-state index contributed by atoms with van der Waals surface area (Å²) in [6.07, 6.45) is 0. The van der Waals surface area contributed by atoms with E-state index in [2.05, 4.69) is 22.5 Å². The summed E-state index contributed by atoms with van der Waals surface area (Å²) >= 11 is 4.02. The van der Waals surface area contributed by atoms with Crippen molar-refractivity contribution >= 4 is 35.7 Å². The second-order valence-electron chi connectivity index (χ2n) is 7.51. The van der Waals surface area contributed by atoms with Crippen molar-refractivity contribution in [3.63, 3.8) is 0 Å². The van der Waals surface area contributed by atoms with Crippen LogP contribution in [-0.2, 0) is 4.79 Å². The maximum absolute atomic E-state index is 13.6. The first-order chi connectivity index (χ1) is 16.5. The van der Waals surface area contributed by atoms with Crippen LogP contribution in [-0.4, -0.2) is 42.6 Å². The van der Waals surface area contributed by atoms with Crippen molar-refractivity contribution in [2.24, 2.45) is 4.40 Å². The van der Waals surface area contributed by atoms with Crippen LogP contribution in [0.3, 0.4) is 0 Å². The molecule has 3 aromatic rings. The van der Waals surface area contributed by atoms with E-state index in [4.69, 9.17) is 20.0 Å². The van der Waals surface area contributed by atoms with E-state index in [0.717, 1.165) is 5.56 Å². The van der Waals surface area contributed by atoms with Crippen LogP contribution in [0.15, 0.2) is 77.2 Å². The molecule has 1 unspecified atom stereocenters. The van der Waals surface area contributed by atoms with Crippen LogP contribution in [0.1, 0.15) is 22.7 Å². The predicted octanol–water partition coefficient (Wildman–Crippen LogP) is 4.45. The van der Waals surface area contributed by atoms with Crippen LogP contribution >= 0.6 is 12.8 Å². The zero-order valence-electron chi connectivity index (χ0n) is 19.0. The van der Waals surface area contributed by atoms with Gasteiger partial charge < -0.3 is 19.9 Å². The minimum atomic E-state index is -0.875. The Morgan fingerprint density at radius 3 is 2.38 bits per heavy atom. The number of carbonyl (C=O) groups is 1. The minimum Gasteiger partial charge on any atom is -0.497 e. The summed E-state index contributed by atoms with van der Waals surface area (Å²) in [6.45, 7) is 1.95. The van der Waals surface area contributed by atoms with E-state index in [0.29, 0.717) is 28.3 Å². The van der Waals surface area contributed by atoms with Crippen LogP contribution < -0.4 is 14.8 Å². The monoisotopic (exact) mass is 477 g/mol. The predicted molar refractivity (Wildman–Crippen MR) is 138 cm³/mol. The molecule has 3 N–H and O–H groups in total. The van der Waals surface area contributed by atoms with Gasteiger partial charge in [-0.25, -0.2) is 4.40 Å². The number of methoxy groups -OCH3 is 1. The molecule has 0 spiro atoms. The van der Waals surface area contributed by atoms with Crippen LogP contribution in [0, 0.1) is 12.3 Å². The number of carbonyl (C=O) groups excluding carboxylic acids is 1. The van der Waals surface area contributed by atoms with E-state index in [-0.39, 0.29) is 24.6 Å². The third-order valence-corrected chi connectivity index (χ3v) is 5.29. The smallest absolute Gasteiger partial charge is 0.209 e. The lowest BCUT2D eigenvalue weighted by Crippen LogP contribution is -2.32. The largest absolute Gasteiger partial charge is 0.497 e. The Bertz CT molecular complexity index is 1160. The molecule has 3 rings (SSSR count). The first-order valence-electron chi connectivity index (χ1n) is 10.6. The molecule has 0 aliphatic heterocycles. The minimum absolute atomic E-state index is 0.121. The van der Waals surface area contributed by atoms with Crippen LogP contribution in [0.4, 0.5) is 5.69 Å². The van der Waals surface area contributed by atoms with Crippen LogP contribution in [0.5, 0.6) is 11.5 Å². The molecule has 0 aliphatic carbocycles. The van der Waals surface area contributed by atoms with E-state index in [1.807, 2.05) is 49.4 Å². The summed E-state index contributed by atoms with van der Waals surface area (Å²) in [5.74, 6) is 0.522. The molecule has 1 atom stereocenters. The molecule has 0 saturated carbocycles. The fourth-order valence-electron chi connectivity index (χ4n) is 3.35. The summed E-state index contributed by atoms with van der Waals surface area (Å²) in [6, 6.07) is 20.8. The molecular formula is C26H27N3O4S. The van der Waals surface area contributed by atoms with Gasteiger partial charge in [-0.2, -0.15) is 0 Å². The highest BCUT2D eigenvalue weighted by Gasteiger charge is 2.28. The summed E-state index contributed by atoms with van der Waals surface area (Å²) in [5, 5.41) is 21.0. The van der Waals surface area contributed by atoms with E-state index in [1.165, 1.54) is 7.11 Å². The zero-order chi connectivity index (χ0) is 24.5. The third-order valence-electron chi connectivity index (χ3n) is 5.09. The molecule has 0 heterocycles. The average Bonchev–Trinajstić information content (AvgIpc) is 2.87. The molecule has 0 bridgehead atoms. The SMILES string of the molecule is COc1cc(NC(C(=O)C(=N)/C(=N\S)c2ccccc2)c2ccc(C)cc2)cc(OCCO)c1. The maximum Gasteiger partial charge on any atom is 0.209 e. The third kappa shape index (κ3) is 6.24. The molecule has 0 radical (unpaired) electrons. The second-order valence-corrected chi connectivity index (χ2v) is 7.71. The maximum atomic E-state index is 13.6. The standard InChI is InChI=1S/C26H27N3O4S/c1-17-8-10-19(11-9-17)25(26(31)23(27)24(29-34)18-6-4-3-5-7-18)28-20-14-21(32-2)16-22(15-20)33-13-12-30/h3-11,14-16,25,27-28,30,34H,12-13H2,1-2H3/b27-23?,29-24-. The number of aryl methyl sites for hydroxylation is 1. The molecule has 176 valence electrons. The Balaban J connectivity index is 1.99. The highest BCUT2D eigenvalue weighted by molar-refractivity contribution is 7.79. The van der Waals surface area contributed by atoms with Crippen molar-refractivity contribution in [3.05, 3.63) is 89.5 Å². The van der Waals surface area contributed by atoms with Crippen molar-refractivity contribution in [2.45, 2.75) is 13.0 Å². The lowest BCUT2D eigenvalue weighted by Gasteiger charge is -2.21. The van der Waals surface area contributed by atoms with E-state index in [9.17, 15) is 4.79 Å².